The van der Waals surface area contributed by atoms with E-state index < -0.39 is 0 Å². The first kappa shape index (κ1) is 14.0. The summed E-state index contributed by atoms with van der Waals surface area (Å²) in [6.07, 6.45) is 3.10. The first-order chi connectivity index (χ1) is 10.6. The van der Waals surface area contributed by atoms with E-state index in [0.717, 1.165) is 42.8 Å². The van der Waals surface area contributed by atoms with Crippen LogP contribution in [-0.2, 0) is 13.0 Å². The van der Waals surface area contributed by atoms with Crippen LogP contribution in [0, 0.1) is 0 Å². The van der Waals surface area contributed by atoms with Crippen LogP contribution < -0.4 is 10.6 Å². The van der Waals surface area contributed by atoms with Gasteiger partial charge in [0.15, 0.2) is 0 Å². The minimum atomic E-state index is 0.298. The zero-order valence-corrected chi connectivity index (χ0v) is 13.4. The van der Waals surface area contributed by atoms with Gasteiger partial charge in [-0.1, -0.05) is 29.3 Å². The van der Waals surface area contributed by atoms with E-state index in [4.69, 9.17) is 28.9 Å². The molecule has 1 saturated carbocycles. The number of hydrogen-bond donors (Lipinski definition) is 1. The second-order valence-electron chi connectivity index (χ2n) is 5.80. The van der Waals surface area contributed by atoms with Gasteiger partial charge in [0.25, 0.3) is 0 Å². The average molecular weight is 336 g/mol. The highest BCUT2D eigenvalue weighted by Gasteiger charge is 2.29. The predicted octanol–water partition coefficient (Wildman–Crippen LogP) is 3.20. The predicted molar refractivity (Wildman–Crippen MR) is 87.4 cm³/mol. The van der Waals surface area contributed by atoms with Gasteiger partial charge in [-0.05, 0) is 36.5 Å². The van der Waals surface area contributed by atoms with Crippen molar-refractivity contribution in [1.82, 2.24) is 15.0 Å². The number of hydrogen-bond acceptors (Lipinski definition) is 5. The number of fused-ring (bicyclic) bond motifs is 1. The molecule has 4 rings (SSSR count). The molecule has 2 aliphatic rings. The molecule has 1 fully saturated rings. The van der Waals surface area contributed by atoms with Crippen LogP contribution in [0.3, 0.4) is 0 Å². The summed E-state index contributed by atoms with van der Waals surface area (Å²) in [5.74, 6) is 2.23. The normalized spacial score (nSPS) is 17.5. The topological polar surface area (TPSA) is 67.9 Å². The monoisotopic (exact) mass is 335 g/mol. The molecule has 1 aromatic heterocycles. The number of halogens is 2. The Morgan fingerprint density at radius 1 is 1.14 bits per heavy atom. The van der Waals surface area contributed by atoms with E-state index in [9.17, 15) is 0 Å². The molecule has 0 radical (unpaired) electrons. The molecule has 1 aliphatic carbocycles. The highest BCUT2D eigenvalue weighted by molar-refractivity contribution is 6.42. The van der Waals surface area contributed by atoms with Crippen molar-refractivity contribution in [3.05, 3.63) is 39.1 Å². The number of rotatable bonds is 2. The molecular weight excluding hydrogens is 321 g/mol. The molecule has 1 aliphatic heterocycles. The number of nitrogens with zero attached hydrogens (tertiary/aromatic N) is 4. The second-order valence-corrected chi connectivity index (χ2v) is 6.58. The van der Waals surface area contributed by atoms with E-state index in [1.165, 1.54) is 0 Å². The second kappa shape index (κ2) is 5.25. The lowest BCUT2D eigenvalue weighted by Gasteiger charge is -2.29. The van der Waals surface area contributed by atoms with Crippen LogP contribution in [0.1, 0.15) is 35.7 Å². The molecule has 0 unspecified atom stereocenters. The number of aromatic nitrogens is 3. The Labute approximate surface area is 138 Å². The summed E-state index contributed by atoms with van der Waals surface area (Å²) in [5, 5.41) is 1.27. The summed E-state index contributed by atoms with van der Waals surface area (Å²) in [6, 6.07) is 3.85. The molecular formula is C15H15Cl2N5. The maximum Gasteiger partial charge on any atom is 0.230 e. The molecule has 2 heterocycles. The smallest absolute Gasteiger partial charge is 0.230 e. The maximum atomic E-state index is 6.29. The fourth-order valence-electron chi connectivity index (χ4n) is 2.82. The molecule has 0 amide bonds. The number of nitrogen functional groups attached to an aromatic ring is 1. The fraction of sp³-hybridized carbons (Fsp3) is 0.400. The molecule has 0 saturated heterocycles. The largest absolute Gasteiger partial charge is 0.368 e. The number of nitrogens with two attached hydrogens (primary N) is 1. The Hall–Kier alpha value is -1.59. The summed E-state index contributed by atoms with van der Waals surface area (Å²) in [7, 11) is 0. The van der Waals surface area contributed by atoms with Gasteiger partial charge < -0.3 is 10.6 Å². The molecule has 5 nitrogen and oxygen atoms in total. The standard InChI is InChI=1S/C15H15Cl2N5/c16-11-4-3-9-7-22(6-5-10(9)12(11)17)15-20-13(8-1-2-8)19-14(18)21-15/h3-4,8H,1-2,5-7H2,(H2,18,19,20,21). The molecule has 1 aromatic carbocycles. The number of anilines is 2. The van der Waals surface area contributed by atoms with E-state index >= 15 is 0 Å². The van der Waals surface area contributed by atoms with Gasteiger partial charge in [0.1, 0.15) is 5.82 Å². The SMILES string of the molecule is Nc1nc(C2CC2)nc(N2CCc3c(ccc(Cl)c3Cl)C2)n1. The third kappa shape index (κ3) is 2.48. The third-order valence-electron chi connectivity index (χ3n) is 4.17. The highest BCUT2D eigenvalue weighted by atomic mass is 35.5. The summed E-state index contributed by atoms with van der Waals surface area (Å²) in [6.45, 7) is 1.50. The van der Waals surface area contributed by atoms with E-state index in [0.29, 0.717) is 34.4 Å². The van der Waals surface area contributed by atoms with Crippen LogP contribution in [0.5, 0.6) is 0 Å². The lowest BCUT2D eigenvalue weighted by molar-refractivity contribution is 0.698. The lowest BCUT2D eigenvalue weighted by Crippen LogP contribution is -2.32. The Kier molecular flexibility index (Phi) is 3.35. The Morgan fingerprint density at radius 3 is 2.73 bits per heavy atom. The highest BCUT2D eigenvalue weighted by Crippen LogP contribution is 2.39. The summed E-state index contributed by atoms with van der Waals surface area (Å²) < 4.78 is 0. The fourth-order valence-corrected chi connectivity index (χ4v) is 3.27. The lowest BCUT2D eigenvalue weighted by atomic mass is 10.00. The molecule has 2 aromatic rings. The van der Waals surface area contributed by atoms with Gasteiger partial charge in [-0.15, -0.1) is 0 Å². The Balaban J connectivity index is 1.66. The minimum Gasteiger partial charge on any atom is -0.368 e. The van der Waals surface area contributed by atoms with Gasteiger partial charge in [-0.25, -0.2) is 0 Å². The first-order valence-electron chi connectivity index (χ1n) is 7.34. The van der Waals surface area contributed by atoms with Crippen LogP contribution in [-0.4, -0.2) is 21.5 Å². The van der Waals surface area contributed by atoms with Crippen LogP contribution in [0.4, 0.5) is 11.9 Å². The number of benzene rings is 1. The van der Waals surface area contributed by atoms with Crippen molar-refractivity contribution in [3.63, 3.8) is 0 Å². The van der Waals surface area contributed by atoms with Crippen LogP contribution in [0.25, 0.3) is 0 Å². The molecule has 7 heteroatoms. The van der Waals surface area contributed by atoms with Crippen LogP contribution in [0.15, 0.2) is 12.1 Å². The molecule has 22 heavy (non-hydrogen) atoms. The van der Waals surface area contributed by atoms with Crippen molar-refractivity contribution in [3.8, 4) is 0 Å². The molecule has 0 spiro atoms. The minimum absolute atomic E-state index is 0.298. The molecule has 0 bridgehead atoms. The van der Waals surface area contributed by atoms with Crippen molar-refractivity contribution >= 4 is 35.1 Å². The van der Waals surface area contributed by atoms with Crippen LogP contribution >= 0.6 is 23.2 Å². The van der Waals surface area contributed by atoms with E-state index in [1.807, 2.05) is 12.1 Å². The maximum absolute atomic E-state index is 6.29. The van der Waals surface area contributed by atoms with Gasteiger partial charge in [0.2, 0.25) is 11.9 Å². The van der Waals surface area contributed by atoms with Crippen molar-refractivity contribution in [2.45, 2.75) is 31.7 Å². The zero-order chi connectivity index (χ0) is 15.3. The average Bonchev–Trinajstić information content (AvgIpc) is 3.35. The summed E-state index contributed by atoms with van der Waals surface area (Å²) in [5.41, 5.74) is 8.12. The molecule has 0 atom stereocenters. The summed E-state index contributed by atoms with van der Waals surface area (Å²) >= 11 is 12.4. The van der Waals surface area contributed by atoms with Gasteiger partial charge in [0, 0.05) is 19.0 Å². The van der Waals surface area contributed by atoms with Crippen molar-refractivity contribution in [1.29, 1.82) is 0 Å². The van der Waals surface area contributed by atoms with Crippen molar-refractivity contribution in [2.24, 2.45) is 0 Å². The molecule has 114 valence electrons. The Bertz CT molecular complexity index is 745. The summed E-state index contributed by atoms with van der Waals surface area (Å²) in [4.78, 5) is 15.3. The first-order valence-corrected chi connectivity index (χ1v) is 8.09. The van der Waals surface area contributed by atoms with Gasteiger partial charge in [0.05, 0.1) is 10.0 Å². The zero-order valence-electron chi connectivity index (χ0n) is 11.9. The van der Waals surface area contributed by atoms with E-state index in [2.05, 4.69) is 19.9 Å². The van der Waals surface area contributed by atoms with Gasteiger partial charge >= 0.3 is 0 Å². The van der Waals surface area contributed by atoms with Gasteiger partial charge in [-0.3, -0.25) is 0 Å². The third-order valence-corrected chi connectivity index (χ3v) is 5.01. The Morgan fingerprint density at radius 2 is 1.95 bits per heavy atom. The molecule has 2 N–H and O–H groups in total. The van der Waals surface area contributed by atoms with Gasteiger partial charge in [-0.2, -0.15) is 15.0 Å². The van der Waals surface area contributed by atoms with Crippen LogP contribution in [0.2, 0.25) is 10.0 Å². The quantitative estimate of drug-likeness (QED) is 0.912. The van der Waals surface area contributed by atoms with Crippen molar-refractivity contribution < 1.29 is 0 Å². The van der Waals surface area contributed by atoms with E-state index in [-0.39, 0.29) is 0 Å². The van der Waals surface area contributed by atoms with E-state index in [1.54, 1.807) is 0 Å². The van der Waals surface area contributed by atoms with Crippen molar-refractivity contribution in [2.75, 3.05) is 17.2 Å².